The summed E-state index contributed by atoms with van der Waals surface area (Å²) in [5, 5.41) is 6.62. The molecule has 0 bridgehead atoms. The first kappa shape index (κ1) is 15.1. The van der Waals surface area contributed by atoms with Crippen LogP contribution in [0, 0.1) is 0 Å². The van der Waals surface area contributed by atoms with E-state index in [2.05, 4.69) is 15.2 Å². The summed E-state index contributed by atoms with van der Waals surface area (Å²) in [5.41, 5.74) is 5.15. The highest BCUT2D eigenvalue weighted by Gasteiger charge is 2.21. The smallest absolute Gasteiger partial charge is 0.293 e. The van der Waals surface area contributed by atoms with Gasteiger partial charge in [-0.15, -0.1) is 5.10 Å². The maximum absolute atomic E-state index is 12.2. The molecular weight excluding hydrogens is 246 g/mol. The molecule has 0 atom stereocenters. The lowest BCUT2D eigenvalue weighted by molar-refractivity contribution is -0.118. The number of nitrogens with one attached hydrogen (secondary N) is 1. The second kappa shape index (κ2) is 6.86. The average Bonchev–Trinajstić information content (AvgIpc) is 2.82. The molecule has 0 radical (unpaired) electrons. The van der Waals surface area contributed by atoms with Crippen molar-refractivity contribution < 1.29 is 9.59 Å². The van der Waals surface area contributed by atoms with E-state index in [1.54, 1.807) is 0 Å². The van der Waals surface area contributed by atoms with E-state index in [1.165, 1.54) is 4.90 Å². The number of aromatic nitrogens is 3. The van der Waals surface area contributed by atoms with E-state index < -0.39 is 5.91 Å². The van der Waals surface area contributed by atoms with Crippen molar-refractivity contribution in [3.8, 4) is 0 Å². The van der Waals surface area contributed by atoms with Crippen LogP contribution in [0.1, 0.15) is 56.0 Å². The monoisotopic (exact) mass is 267 g/mol. The van der Waals surface area contributed by atoms with Crippen molar-refractivity contribution in [2.45, 2.75) is 39.5 Å². The normalized spacial score (nSPS) is 10.7. The Morgan fingerprint density at radius 1 is 1.42 bits per heavy atom. The van der Waals surface area contributed by atoms with E-state index in [0.29, 0.717) is 12.4 Å². The van der Waals surface area contributed by atoms with Crippen molar-refractivity contribution in [2.75, 3.05) is 13.1 Å². The molecule has 0 aliphatic heterocycles. The second-order valence-electron chi connectivity index (χ2n) is 4.75. The summed E-state index contributed by atoms with van der Waals surface area (Å²) in [6.07, 6.45) is 1.73. The lowest BCUT2D eigenvalue weighted by Crippen LogP contribution is -2.39. The van der Waals surface area contributed by atoms with Crippen LogP contribution in [0.3, 0.4) is 0 Å². The summed E-state index contributed by atoms with van der Waals surface area (Å²) in [6, 6.07) is 0. The van der Waals surface area contributed by atoms with Crippen molar-refractivity contribution in [1.82, 2.24) is 20.1 Å². The van der Waals surface area contributed by atoms with Crippen LogP contribution in [-0.4, -0.2) is 45.0 Å². The highest BCUT2D eigenvalue weighted by Crippen LogP contribution is 2.09. The van der Waals surface area contributed by atoms with Gasteiger partial charge in [0.2, 0.25) is 11.7 Å². The number of carbonyl (C=O) groups excluding carboxylic acids is 2. The van der Waals surface area contributed by atoms with Crippen LogP contribution < -0.4 is 5.73 Å². The molecule has 1 rings (SSSR count). The molecule has 0 spiro atoms. The van der Waals surface area contributed by atoms with E-state index in [4.69, 9.17) is 5.73 Å². The van der Waals surface area contributed by atoms with Gasteiger partial charge in [0.05, 0.1) is 6.54 Å². The van der Waals surface area contributed by atoms with Gasteiger partial charge in [0, 0.05) is 12.5 Å². The van der Waals surface area contributed by atoms with Crippen LogP contribution >= 0.6 is 0 Å². The van der Waals surface area contributed by atoms with Crippen molar-refractivity contribution in [3.05, 3.63) is 11.6 Å². The van der Waals surface area contributed by atoms with Gasteiger partial charge in [-0.25, -0.2) is 4.98 Å². The van der Waals surface area contributed by atoms with Gasteiger partial charge in [0.15, 0.2) is 0 Å². The van der Waals surface area contributed by atoms with Crippen LogP contribution in [0.25, 0.3) is 0 Å². The van der Waals surface area contributed by atoms with Crippen LogP contribution in [0.2, 0.25) is 0 Å². The fourth-order valence-electron chi connectivity index (χ4n) is 1.56. The van der Waals surface area contributed by atoms with Gasteiger partial charge in [0.25, 0.3) is 5.91 Å². The van der Waals surface area contributed by atoms with Crippen molar-refractivity contribution in [3.63, 3.8) is 0 Å². The fourth-order valence-corrected chi connectivity index (χ4v) is 1.56. The van der Waals surface area contributed by atoms with Gasteiger partial charge in [-0.2, -0.15) is 0 Å². The summed E-state index contributed by atoms with van der Waals surface area (Å²) in [5.74, 6) is -0.00678. The zero-order valence-corrected chi connectivity index (χ0v) is 11.6. The number of amides is 2. The SMILES string of the molecule is CCCCN(CC(N)=O)C(=O)c1n[nH]c(C(C)C)n1. The Labute approximate surface area is 112 Å². The van der Waals surface area contributed by atoms with Gasteiger partial charge >= 0.3 is 0 Å². The minimum atomic E-state index is -0.538. The van der Waals surface area contributed by atoms with Crippen molar-refractivity contribution in [2.24, 2.45) is 5.73 Å². The largest absolute Gasteiger partial charge is 0.368 e. The van der Waals surface area contributed by atoms with Crippen LogP contribution in [0.4, 0.5) is 0 Å². The number of nitrogens with zero attached hydrogens (tertiary/aromatic N) is 3. The van der Waals surface area contributed by atoms with Crippen LogP contribution in [-0.2, 0) is 4.79 Å². The fraction of sp³-hybridized carbons (Fsp3) is 0.667. The summed E-state index contributed by atoms with van der Waals surface area (Å²) in [6.45, 7) is 6.28. The predicted molar refractivity (Wildman–Crippen MR) is 70.5 cm³/mol. The van der Waals surface area contributed by atoms with E-state index >= 15 is 0 Å². The lowest BCUT2D eigenvalue weighted by atomic mass is 10.2. The van der Waals surface area contributed by atoms with Crippen LogP contribution in [0.5, 0.6) is 0 Å². The molecule has 0 aliphatic carbocycles. The molecule has 1 aromatic heterocycles. The summed E-state index contributed by atoms with van der Waals surface area (Å²) >= 11 is 0. The van der Waals surface area contributed by atoms with Crippen molar-refractivity contribution in [1.29, 1.82) is 0 Å². The average molecular weight is 267 g/mol. The number of H-pyrrole nitrogens is 1. The third-order valence-electron chi connectivity index (χ3n) is 2.66. The molecule has 0 saturated heterocycles. The summed E-state index contributed by atoms with van der Waals surface area (Å²) < 4.78 is 0. The Morgan fingerprint density at radius 3 is 2.58 bits per heavy atom. The summed E-state index contributed by atoms with van der Waals surface area (Å²) in [4.78, 5) is 28.7. The molecule has 106 valence electrons. The molecule has 0 fully saturated rings. The first-order chi connectivity index (χ1) is 8.95. The molecule has 7 heteroatoms. The van der Waals surface area contributed by atoms with Gasteiger partial charge in [0.1, 0.15) is 5.82 Å². The third kappa shape index (κ3) is 4.35. The molecule has 0 aliphatic rings. The minimum absolute atomic E-state index is 0.0843. The molecule has 7 nitrogen and oxygen atoms in total. The quantitative estimate of drug-likeness (QED) is 0.756. The van der Waals surface area contributed by atoms with Gasteiger partial charge in [-0.1, -0.05) is 27.2 Å². The van der Waals surface area contributed by atoms with E-state index in [0.717, 1.165) is 12.8 Å². The number of rotatable bonds is 7. The first-order valence-electron chi connectivity index (χ1n) is 6.45. The molecule has 2 amide bonds. The number of primary amides is 1. The van der Waals surface area contributed by atoms with Crippen LogP contribution in [0.15, 0.2) is 0 Å². The third-order valence-corrected chi connectivity index (χ3v) is 2.66. The van der Waals surface area contributed by atoms with Gasteiger partial charge in [-0.3, -0.25) is 14.7 Å². The predicted octanol–water partition coefficient (Wildman–Crippen LogP) is 0.656. The van der Waals surface area contributed by atoms with Gasteiger partial charge < -0.3 is 10.6 Å². The minimum Gasteiger partial charge on any atom is -0.368 e. The van der Waals surface area contributed by atoms with E-state index in [1.807, 2.05) is 20.8 Å². The number of hydrogen-bond donors (Lipinski definition) is 2. The number of nitrogens with two attached hydrogens (primary N) is 1. The number of aromatic amines is 1. The van der Waals surface area contributed by atoms with E-state index in [-0.39, 0.29) is 24.2 Å². The molecule has 3 N–H and O–H groups in total. The van der Waals surface area contributed by atoms with Gasteiger partial charge in [-0.05, 0) is 6.42 Å². The maximum Gasteiger partial charge on any atom is 0.293 e. The Balaban J connectivity index is 2.81. The second-order valence-corrected chi connectivity index (χ2v) is 4.75. The highest BCUT2D eigenvalue weighted by atomic mass is 16.2. The van der Waals surface area contributed by atoms with E-state index in [9.17, 15) is 9.59 Å². The molecule has 0 saturated carbocycles. The zero-order valence-electron chi connectivity index (χ0n) is 11.6. The molecule has 19 heavy (non-hydrogen) atoms. The Morgan fingerprint density at radius 2 is 2.11 bits per heavy atom. The Hall–Kier alpha value is -1.92. The topological polar surface area (TPSA) is 105 Å². The Bertz CT molecular complexity index is 441. The maximum atomic E-state index is 12.2. The zero-order chi connectivity index (χ0) is 14.4. The molecule has 0 aromatic carbocycles. The number of unbranched alkanes of at least 4 members (excludes halogenated alkanes) is 1. The Kier molecular flexibility index (Phi) is 5.47. The number of carbonyl (C=O) groups is 2. The highest BCUT2D eigenvalue weighted by molar-refractivity contribution is 5.93. The molecule has 0 unspecified atom stereocenters. The lowest BCUT2D eigenvalue weighted by Gasteiger charge is -2.19. The summed E-state index contributed by atoms with van der Waals surface area (Å²) in [7, 11) is 0. The first-order valence-corrected chi connectivity index (χ1v) is 6.45. The molecular formula is C12H21N5O2. The standard InChI is InChI=1S/C12H21N5O2/c1-4-5-6-17(7-9(13)18)12(19)11-14-10(8(2)3)15-16-11/h8H,4-7H2,1-3H3,(H2,13,18)(H,14,15,16). The molecule has 1 aromatic rings. The molecule has 1 heterocycles. The number of hydrogen-bond acceptors (Lipinski definition) is 4. The van der Waals surface area contributed by atoms with Crippen molar-refractivity contribution >= 4 is 11.8 Å².